The first-order chi connectivity index (χ1) is 20.3. The molecule has 2 aliphatic carbocycles. The number of ether oxygens (including phenoxy) is 1. The van der Waals surface area contributed by atoms with Gasteiger partial charge in [0.1, 0.15) is 23.2 Å². The Morgan fingerprint density at radius 2 is 1.81 bits per heavy atom. The van der Waals surface area contributed by atoms with Crippen molar-refractivity contribution in [2.24, 2.45) is 0 Å². The zero-order valence-electron chi connectivity index (χ0n) is 22.9. The molecule has 216 valence electrons. The smallest absolute Gasteiger partial charge is 0.336 e. The van der Waals surface area contributed by atoms with Gasteiger partial charge in [-0.2, -0.15) is 0 Å². The van der Waals surface area contributed by atoms with Gasteiger partial charge in [0.05, 0.1) is 5.56 Å². The molecule has 0 spiro atoms. The fourth-order valence-corrected chi connectivity index (χ4v) is 5.22. The van der Waals surface area contributed by atoms with Crippen LogP contribution in [-0.4, -0.2) is 40.7 Å². The highest BCUT2D eigenvalue weighted by Crippen LogP contribution is 2.42. The first-order valence-electron chi connectivity index (χ1n) is 14.0. The number of esters is 1. The van der Waals surface area contributed by atoms with Crippen molar-refractivity contribution in [1.82, 2.24) is 5.32 Å². The number of nitrogens with one attached hydrogen (secondary N) is 1. The van der Waals surface area contributed by atoms with E-state index in [1.54, 1.807) is 18.2 Å². The van der Waals surface area contributed by atoms with Gasteiger partial charge in [-0.1, -0.05) is 18.6 Å². The fraction of sp³-hybridized carbons (Fsp3) is 0.273. The maximum atomic E-state index is 12.9. The van der Waals surface area contributed by atoms with Crippen molar-refractivity contribution >= 4 is 28.8 Å². The molecule has 0 saturated heterocycles. The number of aromatic hydroxyl groups is 1. The van der Waals surface area contributed by atoms with Gasteiger partial charge in [0, 0.05) is 47.2 Å². The van der Waals surface area contributed by atoms with Crippen LogP contribution >= 0.6 is 0 Å². The summed E-state index contributed by atoms with van der Waals surface area (Å²) >= 11 is 0. The molecule has 42 heavy (non-hydrogen) atoms. The largest absolute Gasteiger partial charge is 0.508 e. The third-order valence-corrected chi connectivity index (χ3v) is 7.29. The summed E-state index contributed by atoms with van der Waals surface area (Å²) in [6, 6.07) is 13.1. The summed E-state index contributed by atoms with van der Waals surface area (Å²) in [5, 5.41) is 23.4. The Balaban J connectivity index is 1.33. The molecule has 2 aromatic carbocycles. The van der Waals surface area contributed by atoms with Crippen molar-refractivity contribution < 1.29 is 33.8 Å². The second-order valence-corrected chi connectivity index (χ2v) is 10.3. The maximum Gasteiger partial charge on any atom is 0.336 e. The van der Waals surface area contributed by atoms with Crippen LogP contribution in [0.1, 0.15) is 65.7 Å². The van der Waals surface area contributed by atoms with Crippen LogP contribution < -0.4 is 10.7 Å². The maximum absolute atomic E-state index is 12.9. The monoisotopic (exact) mass is 569 g/mol. The van der Waals surface area contributed by atoms with E-state index in [1.807, 2.05) is 6.08 Å². The average molecular weight is 570 g/mol. The summed E-state index contributed by atoms with van der Waals surface area (Å²) in [6.45, 7) is 0.217. The van der Waals surface area contributed by atoms with Crippen LogP contribution in [0.15, 0.2) is 76.0 Å². The van der Waals surface area contributed by atoms with Crippen LogP contribution in [0.5, 0.6) is 5.75 Å². The van der Waals surface area contributed by atoms with Gasteiger partial charge < -0.3 is 24.7 Å². The molecule has 1 aliphatic heterocycles. The molecule has 9 heteroatoms. The van der Waals surface area contributed by atoms with Crippen LogP contribution in [0.3, 0.4) is 0 Å². The second-order valence-electron chi connectivity index (χ2n) is 10.3. The number of aromatic carboxylic acids is 1. The molecule has 9 nitrogen and oxygen atoms in total. The third kappa shape index (κ3) is 6.52. The minimum absolute atomic E-state index is 0.0507. The van der Waals surface area contributed by atoms with Crippen LogP contribution in [0, 0.1) is 0 Å². The first kappa shape index (κ1) is 28.6. The lowest BCUT2D eigenvalue weighted by Crippen LogP contribution is -2.26. The van der Waals surface area contributed by atoms with Crippen LogP contribution in [0.4, 0.5) is 0 Å². The van der Waals surface area contributed by atoms with Crippen molar-refractivity contribution in [3.63, 3.8) is 0 Å². The molecule has 0 fully saturated rings. The third-order valence-electron chi connectivity index (χ3n) is 7.29. The number of carboxylic acid groups (broad SMARTS) is 1. The van der Waals surface area contributed by atoms with E-state index >= 15 is 0 Å². The summed E-state index contributed by atoms with van der Waals surface area (Å²) in [6.07, 6.45) is 9.43. The Morgan fingerprint density at radius 3 is 2.64 bits per heavy atom. The summed E-state index contributed by atoms with van der Waals surface area (Å²) in [5.41, 5.74) is 1.33. The lowest BCUT2D eigenvalue weighted by Gasteiger charge is -2.17. The lowest BCUT2D eigenvalue weighted by molar-refractivity contribution is -0.147. The van der Waals surface area contributed by atoms with Gasteiger partial charge in [-0.3, -0.25) is 14.4 Å². The Hall–Kier alpha value is -4.92. The molecule has 3 aliphatic rings. The zero-order valence-corrected chi connectivity index (χ0v) is 22.9. The topological polar surface area (TPSA) is 143 Å². The van der Waals surface area contributed by atoms with E-state index in [0.717, 1.165) is 32.1 Å². The number of carbonyl (C=O) groups is 3. The first-order valence-corrected chi connectivity index (χ1v) is 14.0. The molecule has 1 heterocycles. The lowest BCUT2D eigenvalue weighted by atomic mass is 9.90. The normalized spacial score (nSPS) is 16.0. The number of phenolic OH excluding ortho intramolecular Hbond substituents is 1. The fourth-order valence-electron chi connectivity index (χ4n) is 5.22. The van der Waals surface area contributed by atoms with E-state index in [1.165, 1.54) is 36.4 Å². The van der Waals surface area contributed by atoms with Gasteiger partial charge in [-0.15, -0.1) is 0 Å². The van der Waals surface area contributed by atoms with E-state index in [0.29, 0.717) is 28.5 Å². The standard InChI is InChI=1S/C33H31NO8/c35-21-11-14-25-28(18-21)42-29-19-22(36)12-15-26(29)31(25)24-13-10-20(17-27(24)33(39)40)32(38)34-16-6-9-30(37)41-23-7-4-2-1-3-5-8-23/h4,7,10-15,17-19,23,35H,1-3,5-6,8-9,16H2,(H,34,38)(H,39,40)/b7-4+. The summed E-state index contributed by atoms with van der Waals surface area (Å²) in [7, 11) is 0. The molecule has 1 atom stereocenters. The van der Waals surface area contributed by atoms with Gasteiger partial charge >= 0.3 is 11.9 Å². The van der Waals surface area contributed by atoms with E-state index in [9.17, 15) is 29.4 Å². The molecule has 0 radical (unpaired) electrons. The Labute approximate surface area is 241 Å². The molecule has 1 amide bonds. The average Bonchev–Trinajstić information content (AvgIpc) is 2.94. The molecule has 5 rings (SSSR count). The summed E-state index contributed by atoms with van der Waals surface area (Å²) in [5.74, 6) is -1.85. The molecule has 0 aromatic heterocycles. The van der Waals surface area contributed by atoms with Crippen LogP contribution in [-0.2, 0) is 9.53 Å². The molecule has 1 unspecified atom stereocenters. The van der Waals surface area contributed by atoms with E-state index in [4.69, 9.17) is 9.15 Å². The van der Waals surface area contributed by atoms with Crippen LogP contribution in [0.2, 0.25) is 0 Å². The van der Waals surface area contributed by atoms with Gasteiger partial charge in [0.2, 0.25) is 0 Å². The van der Waals surface area contributed by atoms with Gasteiger partial charge in [0.25, 0.3) is 5.91 Å². The van der Waals surface area contributed by atoms with Gasteiger partial charge in [-0.05, 0) is 80.1 Å². The molecule has 0 bridgehead atoms. The SMILES string of the molecule is O=C(CCCNC(=O)c1ccc(-c2c3ccc(=O)cc-3oc3cc(O)ccc23)c(C(=O)O)c1)OC1/C=C/CCCCC1. The van der Waals surface area contributed by atoms with Crippen molar-refractivity contribution in [2.75, 3.05) is 6.54 Å². The van der Waals surface area contributed by atoms with Crippen molar-refractivity contribution in [3.8, 4) is 28.2 Å². The number of carboxylic acids is 1. The Bertz CT molecular complexity index is 1700. The number of allylic oxidation sites excluding steroid dienone is 1. The number of amides is 1. The van der Waals surface area contributed by atoms with E-state index in [-0.39, 0.29) is 58.7 Å². The van der Waals surface area contributed by atoms with E-state index in [2.05, 4.69) is 11.4 Å². The number of hydrogen-bond donors (Lipinski definition) is 3. The molecule has 0 saturated carbocycles. The predicted octanol–water partition coefficient (Wildman–Crippen LogP) is 5.91. The highest BCUT2D eigenvalue weighted by atomic mass is 16.5. The van der Waals surface area contributed by atoms with Gasteiger partial charge in [0.15, 0.2) is 5.43 Å². The van der Waals surface area contributed by atoms with E-state index < -0.39 is 11.9 Å². The number of phenols is 1. The minimum Gasteiger partial charge on any atom is -0.508 e. The summed E-state index contributed by atoms with van der Waals surface area (Å²) < 4.78 is 11.4. The highest BCUT2D eigenvalue weighted by molar-refractivity contribution is 6.09. The molecular weight excluding hydrogens is 538 g/mol. The molecule has 2 aromatic rings. The van der Waals surface area contributed by atoms with Crippen molar-refractivity contribution in [1.29, 1.82) is 0 Å². The number of fused-ring (bicyclic) bond motifs is 2. The zero-order chi connectivity index (χ0) is 29.6. The van der Waals surface area contributed by atoms with Crippen molar-refractivity contribution in [3.05, 3.63) is 88.1 Å². The quantitative estimate of drug-likeness (QED) is 0.103. The number of carbonyl (C=O) groups excluding carboxylic acids is 2. The van der Waals surface area contributed by atoms with Gasteiger partial charge in [-0.25, -0.2) is 4.79 Å². The molecule has 3 N–H and O–H groups in total. The summed E-state index contributed by atoms with van der Waals surface area (Å²) in [4.78, 5) is 49.6. The predicted molar refractivity (Wildman–Crippen MR) is 157 cm³/mol. The Morgan fingerprint density at radius 1 is 0.976 bits per heavy atom. The number of hydrogen-bond acceptors (Lipinski definition) is 7. The number of benzene rings is 3. The second kappa shape index (κ2) is 12.7. The number of rotatable bonds is 8. The Kier molecular flexibility index (Phi) is 8.66. The van der Waals surface area contributed by atoms with Crippen molar-refractivity contribution in [2.45, 2.75) is 51.0 Å². The van der Waals surface area contributed by atoms with Crippen LogP contribution in [0.25, 0.3) is 33.4 Å². The highest BCUT2D eigenvalue weighted by Gasteiger charge is 2.23. The molecular formula is C33H31NO8. The minimum atomic E-state index is -1.24.